The molecule has 51 heavy (non-hydrogen) atoms. The molecule has 0 rings (SSSR count). The second kappa shape index (κ2) is 43.0. The van der Waals surface area contributed by atoms with Gasteiger partial charge in [0.2, 0.25) is 0 Å². The number of carbonyl (C=O) groups is 1. The van der Waals surface area contributed by atoms with Crippen LogP contribution in [-0.4, -0.2) is 37.0 Å². The van der Waals surface area contributed by atoms with Crippen molar-refractivity contribution in [1.29, 1.82) is 0 Å². The van der Waals surface area contributed by atoms with Gasteiger partial charge in [-0.15, -0.1) is 0 Å². The summed E-state index contributed by atoms with van der Waals surface area (Å²) in [5.41, 5.74) is 0. The van der Waals surface area contributed by atoms with Crippen molar-refractivity contribution in [3.05, 3.63) is 122 Å². The molecule has 1 N–H and O–H groups in total. The lowest BCUT2D eigenvalue weighted by atomic mass is 10.1. The van der Waals surface area contributed by atoms with Gasteiger partial charge in [-0.3, -0.25) is 4.79 Å². The van der Waals surface area contributed by atoms with E-state index in [4.69, 9.17) is 9.47 Å². The van der Waals surface area contributed by atoms with Gasteiger partial charge >= 0.3 is 5.97 Å². The summed E-state index contributed by atoms with van der Waals surface area (Å²) in [4.78, 5) is 12.2. The molecule has 0 bridgehead atoms. The van der Waals surface area contributed by atoms with E-state index in [-0.39, 0.29) is 19.2 Å². The molecule has 0 saturated heterocycles. The fourth-order valence-corrected chi connectivity index (χ4v) is 4.85. The summed E-state index contributed by atoms with van der Waals surface area (Å²) in [5, 5.41) is 9.58. The van der Waals surface area contributed by atoms with Gasteiger partial charge in [0.15, 0.2) is 0 Å². The van der Waals surface area contributed by atoms with Gasteiger partial charge in [-0.05, 0) is 103 Å². The van der Waals surface area contributed by atoms with Crippen LogP contribution in [0.4, 0.5) is 0 Å². The molecule has 286 valence electrons. The van der Waals surface area contributed by atoms with E-state index in [9.17, 15) is 9.90 Å². The summed E-state index contributed by atoms with van der Waals surface area (Å²) in [6.07, 6.45) is 63.9. The van der Waals surface area contributed by atoms with Crippen molar-refractivity contribution in [2.75, 3.05) is 19.8 Å². The number of esters is 1. The largest absolute Gasteiger partial charge is 0.457 e. The molecular weight excluding hydrogens is 629 g/mol. The molecule has 0 fully saturated rings. The average molecular weight is 703 g/mol. The van der Waals surface area contributed by atoms with Crippen LogP contribution in [-0.2, 0) is 14.3 Å². The predicted molar refractivity (Wildman–Crippen MR) is 223 cm³/mol. The van der Waals surface area contributed by atoms with Crippen LogP contribution in [0.1, 0.15) is 142 Å². The number of carbonyl (C=O) groups excluding carboxylic acids is 1. The van der Waals surface area contributed by atoms with Crippen LogP contribution < -0.4 is 0 Å². The number of rotatable bonds is 35. The number of unbranched alkanes of at least 4 members (excludes halogenated alkanes) is 7. The molecule has 1 atom stereocenters. The van der Waals surface area contributed by atoms with Crippen molar-refractivity contribution in [3.63, 3.8) is 0 Å². The zero-order chi connectivity index (χ0) is 37.0. The molecule has 0 saturated carbocycles. The van der Waals surface area contributed by atoms with Crippen molar-refractivity contribution in [3.8, 4) is 0 Å². The second-order valence-electron chi connectivity index (χ2n) is 12.6. The lowest BCUT2D eigenvalue weighted by Gasteiger charge is -2.15. The normalized spacial score (nSPS) is 13.7. The molecule has 1 unspecified atom stereocenters. The fourth-order valence-electron chi connectivity index (χ4n) is 4.85. The lowest BCUT2D eigenvalue weighted by Crippen LogP contribution is -2.27. The lowest BCUT2D eigenvalue weighted by molar-refractivity contribution is -0.154. The van der Waals surface area contributed by atoms with Crippen molar-refractivity contribution in [1.82, 2.24) is 0 Å². The van der Waals surface area contributed by atoms with Gasteiger partial charge in [0, 0.05) is 13.0 Å². The Morgan fingerprint density at radius 2 is 0.824 bits per heavy atom. The molecular formula is C47H74O4. The number of hydrogen-bond donors (Lipinski definition) is 1. The number of aliphatic hydroxyl groups excluding tert-OH is 1. The van der Waals surface area contributed by atoms with E-state index < -0.39 is 6.10 Å². The molecule has 0 aliphatic heterocycles. The van der Waals surface area contributed by atoms with Gasteiger partial charge in [0.25, 0.3) is 0 Å². The zero-order valence-corrected chi connectivity index (χ0v) is 32.6. The predicted octanol–water partition coefficient (Wildman–Crippen LogP) is 13.3. The Kier molecular flexibility index (Phi) is 40.3. The zero-order valence-electron chi connectivity index (χ0n) is 32.6. The highest BCUT2D eigenvalue weighted by atomic mass is 16.6. The molecule has 4 nitrogen and oxygen atoms in total. The monoisotopic (exact) mass is 703 g/mol. The third kappa shape index (κ3) is 41.1. The quantitative estimate of drug-likeness (QED) is 0.0406. The number of allylic oxidation sites excluding steroid dienone is 20. The van der Waals surface area contributed by atoms with Gasteiger partial charge in [0.1, 0.15) is 6.10 Å². The van der Waals surface area contributed by atoms with Crippen LogP contribution in [0, 0.1) is 0 Å². The van der Waals surface area contributed by atoms with E-state index in [1.54, 1.807) is 0 Å². The third-order valence-corrected chi connectivity index (χ3v) is 7.78. The Morgan fingerprint density at radius 1 is 0.471 bits per heavy atom. The highest BCUT2D eigenvalue weighted by molar-refractivity contribution is 5.69. The summed E-state index contributed by atoms with van der Waals surface area (Å²) >= 11 is 0. The van der Waals surface area contributed by atoms with Crippen molar-refractivity contribution in [2.24, 2.45) is 0 Å². The highest BCUT2D eigenvalue weighted by Crippen LogP contribution is 2.09. The molecule has 0 amide bonds. The number of ether oxygens (including phenoxy) is 2. The minimum absolute atomic E-state index is 0.205. The van der Waals surface area contributed by atoms with E-state index >= 15 is 0 Å². The summed E-state index contributed by atoms with van der Waals surface area (Å²) in [5.74, 6) is -0.243. The van der Waals surface area contributed by atoms with Crippen LogP contribution in [0.3, 0.4) is 0 Å². The Bertz CT molecular complexity index is 1050. The maximum absolute atomic E-state index is 12.2. The fraction of sp³-hybridized carbons (Fsp3) is 0.553. The topological polar surface area (TPSA) is 55.8 Å². The number of hydrogen-bond acceptors (Lipinski definition) is 4. The van der Waals surface area contributed by atoms with Crippen LogP contribution in [0.2, 0.25) is 0 Å². The molecule has 0 aliphatic rings. The minimum Gasteiger partial charge on any atom is -0.457 e. The SMILES string of the molecule is CC/C=C\C/C=C\C/C=C\C/C=C\C/C=C\C/C=C\CCCCCOCC(CO)OC(=O)CCCCCC/C=C\C/C=C\C/C=C\C/C=C\CC. The van der Waals surface area contributed by atoms with Gasteiger partial charge in [-0.1, -0.05) is 155 Å². The highest BCUT2D eigenvalue weighted by Gasteiger charge is 2.13. The summed E-state index contributed by atoms with van der Waals surface area (Å²) in [6, 6.07) is 0. The Hall–Kier alpha value is -3.21. The van der Waals surface area contributed by atoms with Gasteiger partial charge in [-0.25, -0.2) is 0 Å². The number of aliphatic hydroxyl groups is 1. The maximum atomic E-state index is 12.2. The van der Waals surface area contributed by atoms with Crippen LogP contribution in [0.15, 0.2) is 122 Å². The minimum atomic E-state index is -0.574. The first-order chi connectivity index (χ1) is 25.2. The van der Waals surface area contributed by atoms with Gasteiger partial charge < -0.3 is 14.6 Å². The van der Waals surface area contributed by atoms with Crippen molar-refractivity contribution >= 4 is 5.97 Å². The van der Waals surface area contributed by atoms with Crippen molar-refractivity contribution < 1.29 is 19.4 Å². The molecule has 0 aromatic carbocycles. The van der Waals surface area contributed by atoms with Gasteiger partial charge in [-0.2, -0.15) is 0 Å². The van der Waals surface area contributed by atoms with E-state index in [0.29, 0.717) is 13.0 Å². The first kappa shape index (κ1) is 47.8. The molecule has 0 aromatic heterocycles. The van der Waals surface area contributed by atoms with E-state index in [2.05, 4.69) is 135 Å². The third-order valence-electron chi connectivity index (χ3n) is 7.78. The van der Waals surface area contributed by atoms with Crippen molar-refractivity contribution in [2.45, 2.75) is 148 Å². The van der Waals surface area contributed by atoms with Crippen LogP contribution >= 0.6 is 0 Å². The molecule has 4 heteroatoms. The Balaban J connectivity index is 3.63. The Morgan fingerprint density at radius 3 is 1.22 bits per heavy atom. The van der Waals surface area contributed by atoms with Gasteiger partial charge in [0.05, 0.1) is 13.2 Å². The van der Waals surface area contributed by atoms with E-state index in [0.717, 1.165) is 122 Å². The molecule has 0 aromatic rings. The van der Waals surface area contributed by atoms with Crippen LogP contribution in [0.5, 0.6) is 0 Å². The first-order valence-electron chi connectivity index (χ1n) is 20.1. The van der Waals surface area contributed by atoms with E-state index in [1.807, 2.05) is 0 Å². The molecule has 0 radical (unpaired) electrons. The standard InChI is InChI=1S/C47H74O4/c1-3-5-7-9-11-13-15-17-19-21-22-23-24-25-27-29-31-33-35-37-39-41-43-50-45-46(44-48)51-47(49)42-40-38-36-34-32-30-28-26-20-18-16-14-12-10-8-6-4-2/h5-8,11-14,17-20,22-23,25,27-28,30-31,33,46,48H,3-4,9-10,15-16,21,24,26,29,32,34-45H2,1-2H3/b7-5-,8-6-,13-11-,14-12-,19-17-,20-18-,23-22-,27-25-,30-28-,33-31-. The molecule has 0 aliphatic carbocycles. The first-order valence-corrected chi connectivity index (χ1v) is 20.1. The molecule has 0 heterocycles. The average Bonchev–Trinajstić information content (AvgIpc) is 3.14. The summed E-state index contributed by atoms with van der Waals surface area (Å²) in [6.45, 7) is 4.98. The Labute approximate surface area is 314 Å². The van der Waals surface area contributed by atoms with Crippen LogP contribution in [0.25, 0.3) is 0 Å². The maximum Gasteiger partial charge on any atom is 0.306 e. The second-order valence-corrected chi connectivity index (χ2v) is 12.6. The molecule has 0 spiro atoms. The summed E-state index contributed by atoms with van der Waals surface area (Å²) < 4.78 is 11.1. The van der Waals surface area contributed by atoms with E-state index in [1.165, 1.54) is 0 Å². The smallest absolute Gasteiger partial charge is 0.306 e. The summed E-state index contributed by atoms with van der Waals surface area (Å²) in [7, 11) is 0.